The van der Waals surface area contributed by atoms with E-state index in [9.17, 15) is 0 Å². The molecule has 3 aromatic heterocycles. The number of rotatable bonds is 5. The predicted octanol–water partition coefficient (Wildman–Crippen LogP) is 10.9. The van der Waals surface area contributed by atoms with Crippen LogP contribution in [0, 0.1) is 12.1 Å². The molecule has 0 aliphatic rings. The van der Waals surface area contributed by atoms with E-state index in [1.54, 1.807) is 0 Å². The van der Waals surface area contributed by atoms with Gasteiger partial charge in [0.05, 0.1) is 13.7 Å². The standard InChI is InChI=1S/C29H18NO.C14H16NSi.Ir/c1-3-8-20(9-4-1)22-14-15-24-25-12-7-13-26(29(25)31-28(24)19-22)27-18-23(16-17-30-27)21-10-5-2-6-11-21;1-16(2,3)13-9-10-14(15-11-13)12-7-5-4-6-8-12;/h1-12,14-19H;4-7,9-11H,1-3H3;/q2*-1;. The molecular formula is C43H34IrN2OSi-2. The zero-order chi connectivity index (χ0) is 32.2. The first-order valence-corrected chi connectivity index (χ1v) is 19.3. The molecule has 0 amide bonds. The summed E-state index contributed by atoms with van der Waals surface area (Å²) in [5.74, 6) is 0. The molecule has 5 heteroatoms. The summed E-state index contributed by atoms with van der Waals surface area (Å²) < 4.78 is 6.37. The fourth-order valence-electron chi connectivity index (χ4n) is 5.67. The van der Waals surface area contributed by atoms with Gasteiger partial charge in [0.15, 0.2) is 0 Å². The molecule has 0 aliphatic heterocycles. The second kappa shape index (κ2) is 14.5. The van der Waals surface area contributed by atoms with Gasteiger partial charge in [-0.25, -0.2) is 0 Å². The van der Waals surface area contributed by atoms with Gasteiger partial charge in [0, 0.05) is 37.9 Å². The van der Waals surface area contributed by atoms with Crippen molar-refractivity contribution in [2.45, 2.75) is 19.6 Å². The van der Waals surface area contributed by atoms with Crippen LogP contribution < -0.4 is 5.19 Å². The SMILES string of the molecule is C[Si](C)(C)c1ccc(-c2[c-]cccc2)nc1.[Ir].[c-]1ccc2c(oc3cc(-c4ccccc4)ccc32)c1-c1cc(-c2ccccc2)ccn1. The first-order valence-electron chi connectivity index (χ1n) is 15.8. The van der Waals surface area contributed by atoms with Crippen molar-refractivity contribution in [2.24, 2.45) is 0 Å². The Morgan fingerprint density at radius 3 is 1.92 bits per heavy atom. The Morgan fingerprint density at radius 1 is 0.562 bits per heavy atom. The van der Waals surface area contributed by atoms with Crippen LogP contribution >= 0.6 is 0 Å². The van der Waals surface area contributed by atoms with E-state index in [4.69, 9.17) is 4.42 Å². The van der Waals surface area contributed by atoms with Gasteiger partial charge in [0.1, 0.15) is 5.58 Å². The number of nitrogens with zero attached hydrogens (tertiary/aromatic N) is 2. The number of aromatic nitrogens is 2. The first-order chi connectivity index (χ1) is 22.9. The number of hydrogen-bond donors (Lipinski definition) is 0. The molecule has 3 nitrogen and oxygen atoms in total. The maximum atomic E-state index is 6.37. The smallest absolute Gasteiger partial charge is 0.121 e. The van der Waals surface area contributed by atoms with Crippen molar-refractivity contribution >= 4 is 35.2 Å². The minimum atomic E-state index is -1.23. The minimum Gasteiger partial charge on any atom is -0.501 e. The van der Waals surface area contributed by atoms with E-state index in [2.05, 4.69) is 121 Å². The molecule has 0 N–H and O–H groups in total. The second-order valence-electron chi connectivity index (χ2n) is 12.5. The molecule has 0 unspecified atom stereocenters. The molecule has 0 atom stereocenters. The van der Waals surface area contributed by atoms with Crippen LogP contribution in [0.5, 0.6) is 0 Å². The summed E-state index contributed by atoms with van der Waals surface area (Å²) in [5, 5.41) is 3.58. The van der Waals surface area contributed by atoms with Crippen LogP contribution in [0.25, 0.3) is 66.7 Å². The molecule has 1 radical (unpaired) electrons. The van der Waals surface area contributed by atoms with Crippen molar-refractivity contribution in [3.8, 4) is 44.8 Å². The summed E-state index contributed by atoms with van der Waals surface area (Å²) in [6.45, 7) is 7.00. The largest absolute Gasteiger partial charge is 0.501 e. The summed E-state index contributed by atoms with van der Waals surface area (Å²) in [6.07, 6.45) is 3.86. The van der Waals surface area contributed by atoms with E-state index < -0.39 is 8.07 Å². The number of fused-ring (bicyclic) bond motifs is 3. The Balaban J connectivity index is 0.000000201. The third-order valence-electron chi connectivity index (χ3n) is 8.28. The van der Waals surface area contributed by atoms with Gasteiger partial charge in [-0.3, -0.25) is 0 Å². The monoisotopic (exact) mass is 815 g/mol. The van der Waals surface area contributed by atoms with Crippen LogP contribution in [-0.4, -0.2) is 18.0 Å². The quantitative estimate of drug-likeness (QED) is 0.128. The van der Waals surface area contributed by atoms with Crippen LogP contribution in [0.1, 0.15) is 0 Å². The fourth-order valence-corrected chi connectivity index (χ4v) is 6.70. The van der Waals surface area contributed by atoms with Gasteiger partial charge < -0.3 is 14.4 Å². The molecule has 237 valence electrons. The van der Waals surface area contributed by atoms with Gasteiger partial charge in [-0.1, -0.05) is 122 Å². The normalized spacial score (nSPS) is 11.1. The topological polar surface area (TPSA) is 38.9 Å². The molecule has 0 saturated carbocycles. The van der Waals surface area contributed by atoms with Crippen LogP contribution in [0.15, 0.2) is 156 Å². The van der Waals surface area contributed by atoms with Crippen LogP contribution in [0.4, 0.5) is 0 Å². The van der Waals surface area contributed by atoms with Crippen molar-refractivity contribution in [2.75, 3.05) is 0 Å². The van der Waals surface area contributed by atoms with Crippen molar-refractivity contribution < 1.29 is 24.5 Å². The Bertz CT molecular complexity index is 2260. The number of pyridine rings is 2. The number of hydrogen-bond acceptors (Lipinski definition) is 3. The third-order valence-corrected chi connectivity index (χ3v) is 10.3. The van der Waals surface area contributed by atoms with Crippen molar-refractivity contribution in [1.82, 2.24) is 9.97 Å². The molecule has 0 fully saturated rings. The molecule has 0 saturated heterocycles. The fraction of sp³-hybridized carbons (Fsp3) is 0.0698. The third kappa shape index (κ3) is 7.14. The molecule has 0 bridgehead atoms. The summed E-state index contributed by atoms with van der Waals surface area (Å²) >= 11 is 0. The van der Waals surface area contributed by atoms with Crippen molar-refractivity contribution in [3.63, 3.8) is 0 Å². The second-order valence-corrected chi connectivity index (χ2v) is 17.6. The molecule has 0 spiro atoms. The Kier molecular flexibility index (Phi) is 9.93. The predicted molar refractivity (Wildman–Crippen MR) is 198 cm³/mol. The average Bonchev–Trinajstić information content (AvgIpc) is 3.51. The van der Waals surface area contributed by atoms with E-state index in [0.717, 1.165) is 61.1 Å². The molecule has 8 rings (SSSR count). The van der Waals surface area contributed by atoms with Crippen molar-refractivity contribution in [3.05, 3.63) is 164 Å². The van der Waals surface area contributed by atoms with Crippen LogP contribution in [0.3, 0.4) is 0 Å². The van der Waals surface area contributed by atoms with Crippen LogP contribution in [-0.2, 0) is 20.1 Å². The molecule has 48 heavy (non-hydrogen) atoms. The number of benzene rings is 5. The maximum Gasteiger partial charge on any atom is 0.121 e. The zero-order valence-electron chi connectivity index (χ0n) is 27.1. The first kappa shape index (κ1) is 33.0. The maximum absolute atomic E-state index is 6.37. The van der Waals surface area contributed by atoms with Gasteiger partial charge in [0.2, 0.25) is 0 Å². The Labute approximate surface area is 296 Å². The number of furan rings is 1. The van der Waals surface area contributed by atoms with E-state index in [-0.39, 0.29) is 20.1 Å². The molecule has 0 aliphatic carbocycles. The summed E-state index contributed by atoms with van der Waals surface area (Å²) in [7, 11) is -1.23. The molecular weight excluding hydrogens is 781 g/mol. The Hall–Kier alpha value is -4.93. The Morgan fingerprint density at radius 2 is 1.27 bits per heavy atom. The summed E-state index contributed by atoms with van der Waals surface area (Å²) in [6, 6.07) is 54.0. The van der Waals surface area contributed by atoms with Gasteiger partial charge in [-0.15, -0.1) is 54.1 Å². The van der Waals surface area contributed by atoms with Gasteiger partial charge >= 0.3 is 0 Å². The van der Waals surface area contributed by atoms with Gasteiger partial charge in [-0.05, 0) is 51.0 Å². The minimum absolute atomic E-state index is 0. The van der Waals surface area contributed by atoms with Crippen molar-refractivity contribution in [1.29, 1.82) is 0 Å². The zero-order valence-corrected chi connectivity index (χ0v) is 30.5. The van der Waals surface area contributed by atoms with Gasteiger partial charge in [-0.2, -0.15) is 0 Å². The summed E-state index contributed by atoms with van der Waals surface area (Å²) in [5.41, 5.74) is 10.1. The summed E-state index contributed by atoms with van der Waals surface area (Å²) in [4.78, 5) is 9.15. The van der Waals surface area contributed by atoms with E-state index in [0.29, 0.717) is 0 Å². The average molecular weight is 815 g/mol. The van der Waals surface area contributed by atoms with Gasteiger partial charge in [0.25, 0.3) is 0 Å². The van der Waals surface area contributed by atoms with E-state index in [1.165, 1.54) is 10.8 Å². The molecule has 3 heterocycles. The van der Waals surface area contributed by atoms with E-state index in [1.807, 2.05) is 73.1 Å². The molecule has 5 aromatic carbocycles. The molecule has 8 aromatic rings. The van der Waals surface area contributed by atoms with Crippen LogP contribution in [0.2, 0.25) is 19.6 Å². The van der Waals surface area contributed by atoms with E-state index >= 15 is 0 Å².